The number of nitrogen functional groups attached to an aromatic ring is 1. The summed E-state index contributed by atoms with van der Waals surface area (Å²) >= 11 is 12.0. The van der Waals surface area contributed by atoms with E-state index in [-0.39, 0.29) is 10.9 Å². The summed E-state index contributed by atoms with van der Waals surface area (Å²) in [6, 6.07) is 9.83. The Morgan fingerprint density at radius 1 is 1.25 bits per heavy atom. The van der Waals surface area contributed by atoms with Gasteiger partial charge in [0, 0.05) is 5.69 Å². The number of anilines is 2. The van der Waals surface area contributed by atoms with Crippen LogP contribution in [0.25, 0.3) is 0 Å². The monoisotopic (exact) mass is 310 g/mol. The Morgan fingerprint density at radius 2 is 2.00 bits per heavy atom. The molecule has 0 bridgehead atoms. The molecule has 0 aliphatic rings. The molecule has 20 heavy (non-hydrogen) atoms. The van der Waals surface area contributed by atoms with Crippen LogP contribution in [-0.2, 0) is 0 Å². The summed E-state index contributed by atoms with van der Waals surface area (Å²) in [5.41, 5.74) is 6.86. The Balaban J connectivity index is 2.24. The lowest BCUT2D eigenvalue weighted by Gasteiger charge is -2.09. The smallest absolute Gasteiger partial charge is 0.257 e. The van der Waals surface area contributed by atoms with Crippen LogP contribution < -0.4 is 15.8 Å². The standard InChI is InChI=1S/C14H12Cl2N2O2/c1-20-12-6-5-8(7-10(12)15)18-14(19)9-3-2-4-11(17)13(9)16/h2-7H,17H2,1H3,(H,18,19). The number of methoxy groups -OCH3 is 1. The summed E-state index contributed by atoms with van der Waals surface area (Å²) in [4.78, 5) is 12.1. The van der Waals surface area contributed by atoms with E-state index >= 15 is 0 Å². The van der Waals surface area contributed by atoms with E-state index < -0.39 is 0 Å². The van der Waals surface area contributed by atoms with Gasteiger partial charge in [-0.15, -0.1) is 0 Å². The topological polar surface area (TPSA) is 64.3 Å². The first-order valence-corrected chi connectivity index (χ1v) is 6.47. The van der Waals surface area contributed by atoms with Crippen LogP contribution in [0.2, 0.25) is 10.0 Å². The summed E-state index contributed by atoms with van der Waals surface area (Å²) < 4.78 is 5.04. The van der Waals surface area contributed by atoms with Crippen molar-refractivity contribution in [3.8, 4) is 5.75 Å². The number of ether oxygens (including phenoxy) is 1. The number of carbonyl (C=O) groups excluding carboxylic acids is 1. The number of rotatable bonds is 3. The zero-order valence-electron chi connectivity index (χ0n) is 10.6. The zero-order valence-corrected chi connectivity index (χ0v) is 12.1. The maximum absolute atomic E-state index is 12.1. The molecule has 4 nitrogen and oxygen atoms in total. The lowest BCUT2D eigenvalue weighted by Crippen LogP contribution is -2.13. The number of nitrogens with two attached hydrogens (primary N) is 1. The van der Waals surface area contributed by atoms with Crippen LogP contribution in [0.5, 0.6) is 5.75 Å². The highest BCUT2D eigenvalue weighted by Crippen LogP contribution is 2.28. The van der Waals surface area contributed by atoms with Gasteiger partial charge in [-0.1, -0.05) is 29.3 Å². The minimum atomic E-state index is -0.358. The quantitative estimate of drug-likeness (QED) is 0.847. The fraction of sp³-hybridized carbons (Fsp3) is 0.0714. The molecule has 0 aliphatic heterocycles. The van der Waals surface area contributed by atoms with Crippen LogP contribution in [0.3, 0.4) is 0 Å². The Hall–Kier alpha value is -1.91. The van der Waals surface area contributed by atoms with E-state index in [2.05, 4.69) is 5.32 Å². The average molecular weight is 311 g/mol. The highest BCUT2D eigenvalue weighted by Gasteiger charge is 2.13. The lowest BCUT2D eigenvalue weighted by atomic mass is 10.2. The molecule has 104 valence electrons. The van der Waals surface area contributed by atoms with Gasteiger partial charge in [0.15, 0.2) is 0 Å². The van der Waals surface area contributed by atoms with Crippen molar-refractivity contribution >= 4 is 40.5 Å². The highest BCUT2D eigenvalue weighted by molar-refractivity contribution is 6.37. The lowest BCUT2D eigenvalue weighted by molar-refractivity contribution is 0.102. The normalized spacial score (nSPS) is 10.2. The molecule has 6 heteroatoms. The van der Waals surface area contributed by atoms with Crippen LogP contribution in [0.15, 0.2) is 36.4 Å². The molecule has 1 amide bonds. The molecular weight excluding hydrogens is 299 g/mol. The van der Waals surface area contributed by atoms with Gasteiger partial charge in [-0.2, -0.15) is 0 Å². The molecule has 0 radical (unpaired) electrons. The molecule has 2 aromatic carbocycles. The van der Waals surface area contributed by atoms with Crippen molar-refractivity contribution in [1.29, 1.82) is 0 Å². The molecule has 0 aliphatic carbocycles. The Morgan fingerprint density at radius 3 is 2.65 bits per heavy atom. The van der Waals surface area contributed by atoms with Gasteiger partial charge < -0.3 is 15.8 Å². The number of hydrogen-bond donors (Lipinski definition) is 2. The number of nitrogens with one attached hydrogen (secondary N) is 1. The van der Waals surface area contributed by atoms with Crippen molar-refractivity contribution in [1.82, 2.24) is 0 Å². The number of benzene rings is 2. The highest BCUT2D eigenvalue weighted by atomic mass is 35.5. The van der Waals surface area contributed by atoms with Gasteiger partial charge in [-0.25, -0.2) is 0 Å². The van der Waals surface area contributed by atoms with Crippen LogP contribution in [0.1, 0.15) is 10.4 Å². The van der Waals surface area contributed by atoms with Crippen molar-refractivity contribution in [3.05, 3.63) is 52.0 Å². The SMILES string of the molecule is COc1ccc(NC(=O)c2cccc(N)c2Cl)cc1Cl. The van der Waals surface area contributed by atoms with E-state index in [4.69, 9.17) is 33.7 Å². The predicted molar refractivity (Wildman–Crippen MR) is 81.8 cm³/mol. The molecule has 0 saturated carbocycles. The second-order valence-electron chi connectivity index (χ2n) is 4.01. The summed E-state index contributed by atoms with van der Waals surface area (Å²) in [6.45, 7) is 0. The molecule has 0 unspecified atom stereocenters. The fourth-order valence-electron chi connectivity index (χ4n) is 1.67. The van der Waals surface area contributed by atoms with Gasteiger partial charge in [-0.3, -0.25) is 4.79 Å². The molecule has 0 heterocycles. The van der Waals surface area contributed by atoms with Crippen LogP contribution in [0, 0.1) is 0 Å². The second-order valence-corrected chi connectivity index (χ2v) is 4.80. The largest absolute Gasteiger partial charge is 0.495 e. The number of amides is 1. The van der Waals surface area contributed by atoms with Crippen molar-refractivity contribution in [3.63, 3.8) is 0 Å². The van der Waals surface area contributed by atoms with Crippen LogP contribution in [0.4, 0.5) is 11.4 Å². The Kier molecular flexibility index (Phi) is 4.37. The second kappa shape index (κ2) is 6.03. The third-order valence-electron chi connectivity index (χ3n) is 2.68. The summed E-state index contributed by atoms with van der Waals surface area (Å²) in [5.74, 6) is 0.176. The minimum Gasteiger partial charge on any atom is -0.495 e. The number of carbonyl (C=O) groups is 1. The molecule has 0 fully saturated rings. The van der Waals surface area contributed by atoms with Gasteiger partial charge in [0.25, 0.3) is 5.91 Å². The molecular formula is C14H12Cl2N2O2. The number of hydrogen-bond acceptors (Lipinski definition) is 3. The van der Waals surface area contributed by atoms with Crippen LogP contribution in [-0.4, -0.2) is 13.0 Å². The maximum atomic E-state index is 12.1. The zero-order chi connectivity index (χ0) is 14.7. The summed E-state index contributed by atoms with van der Waals surface area (Å²) in [6.07, 6.45) is 0. The van der Waals surface area contributed by atoms with E-state index in [9.17, 15) is 4.79 Å². The van der Waals surface area contributed by atoms with Gasteiger partial charge in [0.1, 0.15) is 5.75 Å². The molecule has 2 rings (SSSR count). The Bertz CT molecular complexity index is 660. The Labute approximate surface area is 126 Å². The van der Waals surface area contributed by atoms with Crippen molar-refractivity contribution in [2.45, 2.75) is 0 Å². The summed E-state index contributed by atoms with van der Waals surface area (Å²) in [5, 5.41) is 3.33. The average Bonchev–Trinajstić information content (AvgIpc) is 2.42. The van der Waals surface area contributed by atoms with E-state index in [1.165, 1.54) is 7.11 Å². The fourth-order valence-corrected chi connectivity index (χ4v) is 2.14. The first-order valence-electron chi connectivity index (χ1n) is 5.72. The maximum Gasteiger partial charge on any atom is 0.257 e. The first kappa shape index (κ1) is 14.5. The van der Waals surface area contributed by atoms with Crippen molar-refractivity contribution in [2.24, 2.45) is 0 Å². The minimum absolute atomic E-state index is 0.226. The molecule has 0 atom stereocenters. The van der Waals surface area contributed by atoms with Gasteiger partial charge in [-0.05, 0) is 30.3 Å². The third kappa shape index (κ3) is 2.98. The van der Waals surface area contributed by atoms with E-state index in [0.717, 1.165) is 0 Å². The van der Waals surface area contributed by atoms with E-state index in [1.54, 1.807) is 36.4 Å². The van der Waals surface area contributed by atoms with E-state index in [1.807, 2.05) is 0 Å². The number of halogens is 2. The van der Waals surface area contributed by atoms with E-state index in [0.29, 0.717) is 27.7 Å². The third-order valence-corrected chi connectivity index (χ3v) is 3.40. The van der Waals surface area contributed by atoms with Crippen molar-refractivity contribution in [2.75, 3.05) is 18.2 Å². The molecule has 0 spiro atoms. The molecule has 0 aromatic heterocycles. The predicted octanol–water partition coefficient (Wildman–Crippen LogP) is 3.84. The molecule has 2 aromatic rings. The summed E-state index contributed by atoms with van der Waals surface area (Å²) in [7, 11) is 1.52. The molecule has 0 saturated heterocycles. The van der Waals surface area contributed by atoms with Gasteiger partial charge in [0.05, 0.1) is 28.4 Å². The van der Waals surface area contributed by atoms with Crippen molar-refractivity contribution < 1.29 is 9.53 Å². The van der Waals surface area contributed by atoms with Crippen LogP contribution >= 0.6 is 23.2 Å². The first-order chi connectivity index (χ1) is 9.52. The van der Waals surface area contributed by atoms with Gasteiger partial charge >= 0.3 is 0 Å². The van der Waals surface area contributed by atoms with Gasteiger partial charge in [0.2, 0.25) is 0 Å². The molecule has 3 N–H and O–H groups in total.